The lowest BCUT2D eigenvalue weighted by Crippen LogP contribution is -2.48. The highest BCUT2D eigenvalue weighted by atomic mass is 16.2. The van der Waals surface area contributed by atoms with Crippen LogP contribution in [-0.4, -0.2) is 54.5 Å². The number of amides is 1. The van der Waals surface area contributed by atoms with Crippen LogP contribution in [0.3, 0.4) is 0 Å². The lowest BCUT2D eigenvalue weighted by Gasteiger charge is -2.38. The fraction of sp³-hybridized carbons (Fsp3) is 0.667. The fourth-order valence-corrected chi connectivity index (χ4v) is 4.47. The number of hydrogen-bond donors (Lipinski definition) is 1. The summed E-state index contributed by atoms with van der Waals surface area (Å²) >= 11 is 0. The molecule has 1 aromatic rings. The van der Waals surface area contributed by atoms with Crippen molar-refractivity contribution in [3.63, 3.8) is 0 Å². The standard InChI is InChI=1S/C21H31N3O/c25-21(22-20-8-9-20)19-12-18(14-23-10-4-5-11-23)15-24(16-19)13-17-6-2-1-3-7-17/h1-3,6-7,18-20H,4-5,8-16H2,(H,22,25)/t18-,19-/m1/s1. The van der Waals surface area contributed by atoms with Crippen LogP contribution in [-0.2, 0) is 11.3 Å². The first kappa shape index (κ1) is 17.0. The summed E-state index contributed by atoms with van der Waals surface area (Å²) < 4.78 is 0. The van der Waals surface area contributed by atoms with E-state index in [2.05, 4.69) is 45.4 Å². The highest BCUT2D eigenvalue weighted by Crippen LogP contribution is 2.27. The first-order valence-corrected chi connectivity index (χ1v) is 10.1. The Morgan fingerprint density at radius 1 is 1.04 bits per heavy atom. The third-order valence-electron chi connectivity index (χ3n) is 5.87. The summed E-state index contributed by atoms with van der Waals surface area (Å²) in [5.74, 6) is 1.07. The maximum Gasteiger partial charge on any atom is 0.224 e. The molecule has 1 N–H and O–H groups in total. The van der Waals surface area contributed by atoms with Crippen LogP contribution >= 0.6 is 0 Å². The smallest absolute Gasteiger partial charge is 0.224 e. The van der Waals surface area contributed by atoms with Crippen molar-refractivity contribution in [1.82, 2.24) is 15.1 Å². The molecule has 0 aromatic heterocycles. The number of nitrogens with one attached hydrogen (secondary N) is 1. The predicted octanol–water partition coefficient (Wildman–Crippen LogP) is 2.50. The molecule has 1 aromatic carbocycles. The summed E-state index contributed by atoms with van der Waals surface area (Å²) in [7, 11) is 0. The van der Waals surface area contributed by atoms with Gasteiger partial charge in [-0.15, -0.1) is 0 Å². The average Bonchev–Trinajstić information content (AvgIpc) is 3.28. The molecule has 4 heteroatoms. The molecule has 4 rings (SSSR count). The molecule has 2 saturated heterocycles. The summed E-state index contributed by atoms with van der Waals surface area (Å²) in [6.07, 6.45) is 6.07. The molecular weight excluding hydrogens is 310 g/mol. The van der Waals surface area contributed by atoms with Gasteiger partial charge in [0, 0.05) is 32.2 Å². The quantitative estimate of drug-likeness (QED) is 0.863. The second-order valence-corrected chi connectivity index (χ2v) is 8.27. The zero-order valence-corrected chi connectivity index (χ0v) is 15.2. The van der Waals surface area contributed by atoms with Gasteiger partial charge in [0.2, 0.25) is 5.91 Å². The van der Waals surface area contributed by atoms with Crippen LogP contribution in [0.1, 0.15) is 37.7 Å². The van der Waals surface area contributed by atoms with Gasteiger partial charge in [0.05, 0.1) is 5.92 Å². The van der Waals surface area contributed by atoms with E-state index < -0.39 is 0 Å². The van der Waals surface area contributed by atoms with Crippen molar-refractivity contribution in [2.75, 3.05) is 32.7 Å². The molecule has 2 aliphatic heterocycles. The zero-order valence-electron chi connectivity index (χ0n) is 15.2. The van der Waals surface area contributed by atoms with Gasteiger partial charge >= 0.3 is 0 Å². The van der Waals surface area contributed by atoms with E-state index in [0.29, 0.717) is 17.9 Å². The minimum Gasteiger partial charge on any atom is -0.353 e. The molecule has 136 valence electrons. The molecule has 3 aliphatic rings. The van der Waals surface area contributed by atoms with E-state index in [1.54, 1.807) is 0 Å². The molecule has 25 heavy (non-hydrogen) atoms. The molecule has 3 fully saturated rings. The summed E-state index contributed by atoms with van der Waals surface area (Å²) in [5, 5.41) is 3.24. The molecule has 2 atom stereocenters. The monoisotopic (exact) mass is 341 g/mol. The molecule has 0 unspecified atom stereocenters. The molecule has 0 bridgehead atoms. The van der Waals surface area contributed by atoms with Gasteiger partial charge in [-0.2, -0.15) is 0 Å². The Bertz CT molecular complexity index is 566. The van der Waals surface area contributed by atoms with E-state index in [1.807, 2.05) is 0 Å². The van der Waals surface area contributed by atoms with Crippen molar-refractivity contribution in [3.05, 3.63) is 35.9 Å². The van der Waals surface area contributed by atoms with Gasteiger partial charge in [0.1, 0.15) is 0 Å². The van der Waals surface area contributed by atoms with Gasteiger partial charge in [-0.1, -0.05) is 30.3 Å². The number of nitrogens with zero attached hydrogens (tertiary/aromatic N) is 2. The van der Waals surface area contributed by atoms with Crippen LogP contribution in [0.4, 0.5) is 0 Å². The van der Waals surface area contributed by atoms with E-state index in [1.165, 1.54) is 50.9 Å². The molecule has 4 nitrogen and oxygen atoms in total. The number of benzene rings is 1. The van der Waals surface area contributed by atoms with Crippen LogP contribution in [0.5, 0.6) is 0 Å². The van der Waals surface area contributed by atoms with Crippen LogP contribution < -0.4 is 5.32 Å². The van der Waals surface area contributed by atoms with Crippen molar-refractivity contribution in [1.29, 1.82) is 0 Å². The molecule has 1 aliphatic carbocycles. The van der Waals surface area contributed by atoms with Crippen molar-refractivity contribution < 1.29 is 4.79 Å². The molecule has 1 amide bonds. The maximum absolute atomic E-state index is 12.7. The van der Waals surface area contributed by atoms with E-state index in [0.717, 1.165) is 26.1 Å². The van der Waals surface area contributed by atoms with E-state index in [4.69, 9.17) is 0 Å². The Morgan fingerprint density at radius 3 is 2.52 bits per heavy atom. The van der Waals surface area contributed by atoms with E-state index >= 15 is 0 Å². The lowest BCUT2D eigenvalue weighted by molar-refractivity contribution is -0.127. The molecule has 1 saturated carbocycles. The summed E-state index contributed by atoms with van der Waals surface area (Å²) in [6.45, 7) is 6.65. The third kappa shape index (κ3) is 4.83. The molecule has 0 radical (unpaired) electrons. The minimum absolute atomic E-state index is 0.158. The number of hydrogen-bond acceptors (Lipinski definition) is 3. The Balaban J connectivity index is 1.40. The number of carbonyl (C=O) groups excluding carboxylic acids is 1. The topological polar surface area (TPSA) is 35.6 Å². The summed E-state index contributed by atoms with van der Waals surface area (Å²) in [4.78, 5) is 17.8. The van der Waals surface area contributed by atoms with Gasteiger partial charge in [-0.05, 0) is 56.7 Å². The predicted molar refractivity (Wildman–Crippen MR) is 100 cm³/mol. The average molecular weight is 341 g/mol. The number of likely N-dealkylation sites (tertiary alicyclic amines) is 2. The van der Waals surface area contributed by atoms with Gasteiger partial charge < -0.3 is 10.2 Å². The fourth-order valence-electron chi connectivity index (χ4n) is 4.47. The van der Waals surface area contributed by atoms with Crippen molar-refractivity contribution in [3.8, 4) is 0 Å². The highest BCUT2D eigenvalue weighted by Gasteiger charge is 2.35. The Kier molecular flexibility index (Phi) is 5.37. The first-order chi connectivity index (χ1) is 12.3. The Hall–Kier alpha value is -1.39. The first-order valence-electron chi connectivity index (χ1n) is 10.1. The Labute approximate surface area is 151 Å². The minimum atomic E-state index is 0.158. The largest absolute Gasteiger partial charge is 0.353 e. The van der Waals surface area contributed by atoms with Crippen molar-refractivity contribution >= 4 is 5.91 Å². The van der Waals surface area contributed by atoms with E-state index in [-0.39, 0.29) is 5.92 Å². The van der Waals surface area contributed by atoms with E-state index in [9.17, 15) is 4.79 Å². The number of rotatable bonds is 6. The summed E-state index contributed by atoms with van der Waals surface area (Å²) in [5.41, 5.74) is 1.35. The molecular formula is C21H31N3O. The normalized spacial score (nSPS) is 28.2. The van der Waals surface area contributed by atoms with Crippen LogP contribution in [0.15, 0.2) is 30.3 Å². The molecule has 2 heterocycles. The lowest BCUT2D eigenvalue weighted by atomic mass is 9.87. The van der Waals surface area contributed by atoms with Crippen molar-refractivity contribution in [2.45, 2.75) is 44.7 Å². The number of piperidine rings is 1. The van der Waals surface area contributed by atoms with Gasteiger partial charge in [0.25, 0.3) is 0 Å². The molecule has 0 spiro atoms. The van der Waals surface area contributed by atoms with Gasteiger partial charge in [-0.3, -0.25) is 9.69 Å². The van der Waals surface area contributed by atoms with Gasteiger partial charge in [0.15, 0.2) is 0 Å². The maximum atomic E-state index is 12.7. The second kappa shape index (κ2) is 7.88. The van der Waals surface area contributed by atoms with Gasteiger partial charge in [-0.25, -0.2) is 0 Å². The Morgan fingerprint density at radius 2 is 1.80 bits per heavy atom. The highest BCUT2D eigenvalue weighted by molar-refractivity contribution is 5.79. The van der Waals surface area contributed by atoms with Crippen molar-refractivity contribution in [2.24, 2.45) is 11.8 Å². The SMILES string of the molecule is O=C(NC1CC1)[C@@H]1C[C@H](CN2CCCC2)CN(Cc2ccccc2)C1. The zero-order chi connectivity index (χ0) is 17.1. The number of carbonyl (C=O) groups is 1. The van der Waals surface area contributed by atoms with Crippen LogP contribution in [0, 0.1) is 11.8 Å². The third-order valence-corrected chi connectivity index (χ3v) is 5.87. The van der Waals surface area contributed by atoms with Crippen LogP contribution in [0.2, 0.25) is 0 Å². The summed E-state index contributed by atoms with van der Waals surface area (Å²) in [6, 6.07) is 11.2. The van der Waals surface area contributed by atoms with Crippen LogP contribution in [0.25, 0.3) is 0 Å². The second-order valence-electron chi connectivity index (χ2n) is 8.27.